The molecule has 0 unspecified atom stereocenters. The molecule has 0 saturated heterocycles. The van der Waals surface area contributed by atoms with Gasteiger partial charge in [-0.15, -0.1) is 29.7 Å². The first-order valence-electron chi connectivity index (χ1n) is 30.3. The summed E-state index contributed by atoms with van der Waals surface area (Å²) in [6, 6.07) is 60.7. The number of hydrogen-bond acceptors (Lipinski definition) is 3. The van der Waals surface area contributed by atoms with E-state index in [2.05, 4.69) is 98.4 Å². The van der Waals surface area contributed by atoms with Gasteiger partial charge in [0.25, 0.3) is 6.33 Å². The molecule has 0 amide bonds. The average Bonchev–Trinajstić information content (AvgIpc) is 1.15. The zero-order chi connectivity index (χ0) is 60.4. The van der Waals surface area contributed by atoms with Crippen LogP contribution in [-0.4, -0.2) is 22.2 Å². The Hall–Kier alpha value is -8.87. The van der Waals surface area contributed by atoms with Gasteiger partial charge in [-0.2, -0.15) is 18.2 Å². The van der Waals surface area contributed by atoms with Gasteiger partial charge < -0.3 is 18.6 Å². The third-order valence-corrected chi connectivity index (χ3v) is 19.3. The molecule has 0 atom stereocenters. The van der Waals surface area contributed by atoms with Gasteiger partial charge in [0.2, 0.25) is 0 Å². The van der Waals surface area contributed by atoms with E-state index in [0.29, 0.717) is 39.7 Å². The zero-order valence-electron chi connectivity index (χ0n) is 52.3. The van der Waals surface area contributed by atoms with Crippen LogP contribution in [0, 0.1) is 18.5 Å². The number of rotatable bonds is 9. The van der Waals surface area contributed by atoms with E-state index in [1.54, 1.807) is 33.4 Å². The second kappa shape index (κ2) is 19.6. The monoisotopic (exact) mass is 1210 g/mol. The molecule has 0 N–H and O–H groups in total. The molecule has 8 heteroatoms. The van der Waals surface area contributed by atoms with Crippen molar-refractivity contribution in [2.75, 3.05) is 0 Å². The molecule has 0 radical (unpaired) electrons. The van der Waals surface area contributed by atoms with Gasteiger partial charge >= 0.3 is 0 Å². The van der Waals surface area contributed by atoms with E-state index in [1.165, 1.54) is 0 Å². The topological polar surface area (TPSA) is 45.1 Å². The van der Waals surface area contributed by atoms with Crippen molar-refractivity contribution in [1.29, 1.82) is 0 Å². The maximum atomic E-state index is 9.41. The number of hydrogen-bond donors (Lipinski definition) is 0. The van der Waals surface area contributed by atoms with Crippen LogP contribution in [0.3, 0.4) is 0 Å². The van der Waals surface area contributed by atoms with E-state index in [9.17, 15) is 5.48 Å². The van der Waals surface area contributed by atoms with Gasteiger partial charge in [0.15, 0.2) is 8.07 Å². The van der Waals surface area contributed by atoms with E-state index in [1.807, 2.05) is 109 Å². The minimum absolute atomic E-state index is 0. The zero-order valence-corrected chi connectivity index (χ0v) is 45.6. The van der Waals surface area contributed by atoms with E-state index >= 15 is 0 Å². The largest absolute Gasteiger partial charge is 0.510 e. The Morgan fingerprint density at radius 3 is 1.92 bits per heavy atom. The molecule has 4 heterocycles. The minimum Gasteiger partial charge on any atom is -0.510 e. The van der Waals surface area contributed by atoms with Crippen molar-refractivity contribution in [3.63, 3.8) is 0 Å². The number of nitrogens with zero attached hydrogens (tertiary/aromatic N) is 4. The summed E-state index contributed by atoms with van der Waals surface area (Å²) in [5.41, 5.74) is 4.12. The number of pyridine rings is 1. The van der Waals surface area contributed by atoms with E-state index in [4.69, 9.17) is 22.7 Å². The number of benzene rings is 10. The maximum absolute atomic E-state index is 9.41. The molecule has 0 spiro atoms. The molecule has 0 aliphatic carbocycles. The fourth-order valence-corrected chi connectivity index (χ4v) is 16.0. The molecule has 0 fully saturated rings. The van der Waals surface area contributed by atoms with Gasteiger partial charge in [0, 0.05) is 44.3 Å². The van der Waals surface area contributed by atoms with Crippen molar-refractivity contribution >= 4 is 61.7 Å². The van der Waals surface area contributed by atoms with Crippen LogP contribution < -0.4 is 34.8 Å². The SMILES string of the molecule is [2H]c1c([2H])c([2H])c(-c2cccc(-c3c([2H])c([2H])c([2H])c([2H])c3[2H])c2-[n+]2[c-]n(-c3[c-]c(Oc4[c-]c5c(cc4)c4ccccc4n5-c4cc(C(C)(C)C)ccn4)ccc3)c3cc4c(cc32)[Si](c2ccccc2)(c2ccccc2)c2ccccc2O4)c([2H])c1[2H].[Pt]. The second-order valence-corrected chi connectivity index (χ2v) is 23.7. The Kier molecular flexibility index (Phi) is 9.71. The number of para-hydroxylation sites is 3. The van der Waals surface area contributed by atoms with Crippen LogP contribution >= 0.6 is 0 Å². The standard InChI is InChI=1S/C70H50N4O2Si.Pt/c1-70(2,3)50-40-41-71-68(42-50)74-60-35-17-16-32-58(60)59-39-38-53(44-61(59)74)75-52-27-20-26-51(43-52)72-47-73(69-56(48-22-8-4-9-23-48)33-21-34-57(69)49-24-10-5-11-25-49)63-46-67-65(45-62(63)72)76-64-36-18-19-37-66(64)77(67,54-28-12-6-13-29-54)55-30-14-7-15-31-55;/h4-42,45-46H,1-3H3;/q-2;/i4D,5D,8D,9D,10D,11D,22D,23D,24D,25D;. The molecule has 378 valence electrons. The molecule has 0 bridgehead atoms. The van der Waals surface area contributed by atoms with Crippen LogP contribution in [0.25, 0.3) is 72.3 Å². The van der Waals surface area contributed by atoms with Gasteiger partial charge in [0.1, 0.15) is 17.3 Å². The Bertz CT molecular complexity index is 4830. The third-order valence-electron chi connectivity index (χ3n) is 14.5. The molecule has 1 aliphatic rings. The van der Waals surface area contributed by atoms with Crippen molar-refractivity contribution in [2.24, 2.45) is 0 Å². The van der Waals surface area contributed by atoms with Gasteiger partial charge in [-0.3, -0.25) is 4.57 Å². The molecular weight excluding hydrogens is 1150 g/mol. The summed E-state index contributed by atoms with van der Waals surface area (Å²) < 4.78 is 110. The fraction of sp³-hybridized carbons (Fsp3) is 0.0571. The summed E-state index contributed by atoms with van der Waals surface area (Å²) in [6.07, 6.45) is 5.44. The number of fused-ring (bicyclic) bond motifs is 6. The van der Waals surface area contributed by atoms with Crippen LogP contribution in [0.4, 0.5) is 0 Å². The minimum atomic E-state index is -3.40. The van der Waals surface area contributed by atoms with Crippen molar-refractivity contribution in [3.8, 4) is 62.4 Å². The summed E-state index contributed by atoms with van der Waals surface area (Å²) in [4.78, 5) is 4.86. The molecule has 78 heavy (non-hydrogen) atoms. The van der Waals surface area contributed by atoms with Crippen LogP contribution in [0.15, 0.2) is 249 Å². The van der Waals surface area contributed by atoms with Gasteiger partial charge in [-0.25, -0.2) is 4.98 Å². The predicted molar refractivity (Wildman–Crippen MR) is 313 cm³/mol. The first-order valence-corrected chi connectivity index (χ1v) is 27.3. The molecule has 13 aromatic rings. The van der Waals surface area contributed by atoms with Crippen molar-refractivity contribution < 1.29 is 48.8 Å². The number of aromatic nitrogens is 4. The number of imidazole rings is 1. The Balaban J connectivity index is 0.00000714. The van der Waals surface area contributed by atoms with Gasteiger partial charge in [-0.05, 0) is 101 Å². The molecular formula is C70H50N4O2PtSi-2. The normalized spacial score (nSPS) is 14.4. The summed E-state index contributed by atoms with van der Waals surface area (Å²) in [5, 5.41) is 5.95. The smallest absolute Gasteiger partial charge is 0.268 e. The first-order chi connectivity index (χ1) is 41.9. The summed E-state index contributed by atoms with van der Waals surface area (Å²) >= 11 is 0. The van der Waals surface area contributed by atoms with E-state index in [-0.39, 0.29) is 54.4 Å². The predicted octanol–water partition coefficient (Wildman–Crippen LogP) is 13.7. The molecule has 0 saturated carbocycles. The van der Waals surface area contributed by atoms with Crippen molar-refractivity contribution in [2.45, 2.75) is 26.2 Å². The van der Waals surface area contributed by atoms with Crippen LogP contribution in [0.2, 0.25) is 0 Å². The summed E-state index contributed by atoms with van der Waals surface area (Å²) in [7, 11) is -3.40. The Labute approximate surface area is 483 Å². The van der Waals surface area contributed by atoms with Gasteiger partial charge in [-0.1, -0.05) is 202 Å². The first kappa shape index (κ1) is 38.6. The van der Waals surface area contributed by atoms with E-state index < -0.39 is 68.5 Å². The fourth-order valence-electron chi connectivity index (χ4n) is 11.0. The molecule has 6 nitrogen and oxygen atoms in total. The number of ether oxygens (including phenoxy) is 2. The Morgan fingerprint density at radius 2 is 1.22 bits per heavy atom. The van der Waals surface area contributed by atoms with Crippen molar-refractivity contribution in [1.82, 2.24) is 14.1 Å². The molecule has 14 rings (SSSR count). The summed E-state index contributed by atoms with van der Waals surface area (Å²) in [6.45, 7) is 6.51. The maximum Gasteiger partial charge on any atom is 0.268 e. The van der Waals surface area contributed by atoms with Crippen LogP contribution in [0.5, 0.6) is 23.0 Å². The average molecular weight is 1210 g/mol. The molecule has 1 aliphatic heterocycles. The third kappa shape index (κ3) is 8.12. The summed E-state index contributed by atoms with van der Waals surface area (Å²) in [5.74, 6) is 2.70. The molecule has 10 aromatic carbocycles. The van der Waals surface area contributed by atoms with Gasteiger partial charge in [0.05, 0.1) is 30.4 Å². The van der Waals surface area contributed by atoms with E-state index in [0.717, 1.165) is 53.9 Å². The Morgan fingerprint density at radius 1 is 0.577 bits per heavy atom. The molecule has 3 aromatic heterocycles. The van der Waals surface area contributed by atoms with Crippen molar-refractivity contribution in [3.05, 3.63) is 273 Å². The quantitative estimate of drug-likeness (QED) is 0.0822. The van der Waals surface area contributed by atoms with Crippen LogP contribution in [0.1, 0.15) is 40.0 Å². The van der Waals surface area contributed by atoms with Crippen LogP contribution in [-0.2, 0) is 26.5 Å². The second-order valence-electron chi connectivity index (χ2n) is 20.0.